The second kappa shape index (κ2) is 3.73. The minimum absolute atomic E-state index is 0.0394. The van der Waals surface area contributed by atoms with Gasteiger partial charge in [-0.2, -0.15) is 0 Å². The molecule has 7 atom stereocenters. The molecule has 4 nitrogen and oxygen atoms in total. The first-order valence-corrected chi connectivity index (χ1v) is 7.97. The maximum atomic E-state index is 10.5. The van der Waals surface area contributed by atoms with Gasteiger partial charge in [-0.05, 0) is 38.4 Å². The molecule has 3 fully saturated rings. The molecule has 2 aliphatic heterocycles. The monoisotopic (exact) mass is 287 g/mol. The van der Waals surface area contributed by atoms with Gasteiger partial charge in [-0.3, -0.25) is 0 Å². The molecule has 0 amide bonds. The fourth-order valence-electron chi connectivity index (χ4n) is 5.84. The molecule has 1 spiro atoms. The van der Waals surface area contributed by atoms with Gasteiger partial charge in [0.2, 0.25) is 0 Å². The van der Waals surface area contributed by atoms with E-state index in [1.54, 1.807) is 6.08 Å². The SMILES string of the molecule is CN1CC[C@@]23C4C5=C(O)C=CC4C[C@@H]1C2C=C[C@H](O)[C@@H]3O5. The average molecular weight is 287 g/mol. The van der Waals surface area contributed by atoms with E-state index in [0.717, 1.165) is 25.1 Å². The van der Waals surface area contributed by atoms with Gasteiger partial charge in [-0.1, -0.05) is 18.2 Å². The molecule has 0 aromatic carbocycles. The fourth-order valence-corrected chi connectivity index (χ4v) is 5.84. The van der Waals surface area contributed by atoms with Crippen LogP contribution in [0.4, 0.5) is 0 Å². The molecule has 4 heteroatoms. The number of piperidine rings is 1. The molecule has 0 aromatic rings. The Morgan fingerprint density at radius 1 is 1.33 bits per heavy atom. The number of aliphatic hydroxyl groups excluding tert-OH is 2. The van der Waals surface area contributed by atoms with E-state index in [9.17, 15) is 10.2 Å². The van der Waals surface area contributed by atoms with Crippen molar-refractivity contribution in [3.8, 4) is 0 Å². The number of likely N-dealkylation sites (tertiary alicyclic amines) is 1. The van der Waals surface area contributed by atoms with Crippen LogP contribution in [0, 0.1) is 23.2 Å². The Labute approximate surface area is 124 Å². The first-order valence-electron chi connectivity index (χ1n) is 7.97. The molecule has 2 saturated heterocycles. The molecule has 3 unspecified atom stereocenters. The Balaban J connectivity index is 1.75. The van der Waals surface area contributed by atoms with Crippen molar-refractivity contribution >= 4 is 0 Å². The highest BCUT2D eigenvalue weighted by atomic mass is 16.5. The third kappa shape index (κ3) is 1.25. The maximum absolute atomic E-state index is 10.5. The third-order valence-electron chi connectivity index (χ3n) is 6.67. The van der Waals surface area contributed by atoms with Crippen LogP contribution in [-0.4, -0.2) is 47.0 Å². The summed E-state index contributed by atoms with van der Waals surface area (Å²) in [4.78, 5) is 2.47. The Morgan fingerprint density at radius 2 is 2.19 bits per heavy atom. The van der Waals surface area contributed by atoms with Gasteiger partial charge < -0.3 is 19.8 Å². The van der Waals surface area contributed by atoms with Gasteiger partial charge in [-0.15, -0.1) is 0 Å². The summed E-state index contributed by atoms with van der Waals surface area (Å²) in [5.74, 6) is 2.08. The van der Waals surface area contributed by atoms with Crippen molar-refractivity contribution in [2.24, 2.45) is 23.2 Å². The second-order valence-corrected chi connectivity index (χ2v) is 7.34. The first-order chi connectivity index (χ1) is 10.1. The van der Waals surface area contributed by atoms with Crippen LogP contribution in [0.3, 0.4) is 0 Å². The average Bonchev–Trinajstić information content (AvgIpc) is 2.83. The zero-order valence-corrected chi connectivity index (χ0v) is 12.1. The van der Waals surface area contributed by atoms with Crippen LogP contribution in [-0.2, 0) is 4.74 Å². The minimum Gasteiger partial charge on any atom is -0.504 e. The number of nitrogens with zero attached hydrogens (tertiary/aromatic N) is 1. The number of aliphatic hydroxyl groups is 2. The van der Waals surface area contributed by atoms with Gasteiger partial charge in [0, 0.05) is 23.3 Å². The highest BCUT2D eigenvalue weighted by molar-refractivity contribution is 5.37. The third-order valence-corrected chi connectivity index (χ3v) is 6.67. The van der Waals surface area contributed by atoms with E-state index in [-0.39, 0.29) is 23.2 Å². The molecule has 0 radical (unpaired) electrons. The topological polar surface area (TPSA) is 52.9 Å². The Kier molecular flexibility index (Phi) is 2.19. The fraction of sp³-hybridized carbons (Fsp3) is 0.647. The summed E-state index contributed by atoms with van der Waals surface area (Å²) in [7, 11) is 2.21. The number of allylic oxidation sites excluding steroid dienone is 3. The molecular weight excluding hydrogens is 266 g/mol. The van der Waals surface area contributed by atoms with Gasteiger partial charge in [0.25, 0.3) is 0 Å². The minimum atomic E-state index is -0.560. The molecule has 21 heavy (non-hydrogen) atoms. The van der Waals surface area contributed by atoms with E-state index in [4.69, 9.17) is 4.74 Å². The number of rotatable bonds is 0. The lowest BCUT2D eigenvalue weighted by Crippen LogP contribution is -2.65. The number of hydrogen-bond acceptors (Lipinski definition) is 4. The Hall–Kier alpha value is -1.26. The summed E-state index contributed by atoms with van der Waals surface area (Å²) in [5.41, 5.74) is -0.0394. The van der Waals surface area contributed by atoms with E-state index >= 15 is 0 Å². The van der Waals surface area contributed by atoms with Crippen molar-refractivity contribution in [3.05, 3.63) is 35.8 Å². The molecule has 3 aliphatic carbocycles. The molecular formula is C17H21NO3. The van der Waals surface area contributed by atoms with Crippen molar-refractivity contribution in [3.63, 3.8) is 0 Å². The highest BCUT2D eigenvalue weighted by Gasteiger charge is 2.69. The van der Waals surface area contributed by atoms with Crippen LogP contribution in [0.2, 0.25) is 0 Å². The first kappa shape index (κ1) is 12.3. The molecule has 5 aliphatic rings. The predicted octanol–water partition coefficient (Wildman–Crippen LogP) is 1.60. The summed E-state index contributed by atoms with van der Waals surface area (Å²) in [6.07, 6.45) is 9.45. The van der Waals surface area contributed by atoms with Crippen LogP contribution in [0.15, 0.2) is 35.8 Å². The number of hydrogen-bond donors (Lipinski definition) is 2. The van der Waals surface area contributed by atoms with Gasteiger partial charge in [0.1, 0.15) is 18.0 Å². The molecule has 1 saturated carbocycles. The van der Waals surface area contributed by atoms with Gasteiger partial charge >= 0.3 is 0 Å². The van der Waals surface area contributed by atoms with Gasteiger partial charge in [-0.25, -0.2) is 0 Å². The van der Waals surface area contributed by atoms with Crippen LogP contribution in [0.1, 0.15) is 12.8 Å². The summed E-state index contributed by atoms with van der Waals surface area (Å²) >= 11 is 0. The summed E-state index contributed by atoms with van der Waals surface area (Å²) in [6.45, 7) is 1.04. The zero-order chi connectivity index (χ0) is 14.4. The lowest BCUT2D eigenvalue weighted by molar-refractivity contribution is -0.123. The maximum Gasteiger partial charge on any atom is 0.153 e. The standard InChI is InChI=1S/C17H21NO3/c1-18-7-6-17-10-3-5-13(20)16(17)21-15-12(19)4-2-9(14(15)17)8-11(10)18/h2-5,9-11,13-14,16,19-20H,6-8H2,1H3/t9?,10?,11-,13+,14?,16+,17+/m1/s1. The highest BCUT2D eigenvalue weighted by Crippen LogP contribution is 2.66. The van der Waals surface area contributed by atoms with E-state index in [0.29, 0.717) is 17.9 Å². The number of ether oxygens (including phenoxy) is 1. The van der Waals surface area contributed by atoms with E-state index in [1.165, 1.54) is 0 Å². The lowest BCUT2D eigenvalue weighted by atomic mass is 9.48. The van der Waals surface area contributed by atoms with Gasteiger partial charge in [0.15, 0.2) is 5.76 Å². The van der Waals surface area contributed by atoms with Crippen molar-refractivity contribution in [1.82, 2.24) is 4.90 Å². The second-order valence-electron chi connectivity index (χ2n) is 7.34. The Bertz CT molecular complexity index is 595. The predicted molar refractivity (Wildman–Crippen MR) is 77.4 cm³/mol. The molecule has 2 heterocycles. The van der Waals surface area contributed by atoms with Crippen LogP contribution in [0.25, 0.3) is 0 Å². The molecule has 2 bridgehead atoms. The summed E-state index contributed by atoms with van der Waals surface area (Å²) < 4.78 is 6.14. The van der Waals surface area contributed by atoms with Crippen LogP contribution < -0.4 is 0 Å². The Morgan fingerprint density at radius 3 is 3.05 bits per heavy atom. The van der Waals surface area contributed by atoms with Crippen LogP contribution >= 0.6 is 0 Å². The lowest BCUT2D eigenvalue weighted by Gasteiger charge is -2.60. The largest absolute Gasteiger partial charge is 0.504 e. The van der Waals surface area contributed by atoms with E-state index in [1.807, 2.05) is 6.08 Å². The van der Waals surface area contributed by atoms with E-state index in [2.05, 4.69) is 24.1 Å². The zero-order valence-electron chi connectivity index (χ0n) is 12.1. The molecule has 5 rings (SSSR count). The molecule has 112 valence electrons. The van der Waals surface area contributed by atoms with Crippen molar-refractivity contribution in [2.75, 3.05) is 13.6 Å². The van der Waals surface area contributed by atoms with Crippen LogP contribution in [0.5, 0.6) is 0 Å². The van der Waals surface area contributed by atoms with E-state index < -0.39 is 6.10 Å². The van der Waals surface area contributed by atoms with Crippen molar-refractivity contribution in [2.45, 2.75) is 31.1 Å². The van der Waals surface area contributed by atoms with Crippen molar-refractivity contribution < 1.29 is 14.9 Å². The molecule has 2 N–H and O–H groups in total. The van der Waals surface area contributed by atoms with Crippen molar-refractivity contribution in [1.29, 1.82) is 0 Å². The van der Waals surface area contributed by atoms with Gasteiger partial charge in [0.05, 0.1) is 0 Å². The normalized spacial score (nSPS) is 53.6. The quantitative estimate of drug-likeness (QED) is 0.665. The molecule has 0 aromatic heterocycles. The summed E-state index contributed by atoms with van der Waals surface area (Å²) in [5, 5.41) is 20.7. The summed E-state index contributed by atoms with van der Waals surface area (Å²) in [6, 6.07) is 0.513. The smallest absolute Gasteiger partial charge is 0.153 e.